The molecule has 40 heavy (non-hydrogen) atoms. The zero-order valence-electron chi connectivity index (χ0n) is 22.2. The smallest absolute Gasteiger partial charge is 0.140 e. The molecule has 0 bridgehead atoms. The van der Waals surface area contributed by atoms with Crippen molar-refractivity contribution in [2.24, 2.45) is 0 Å². The standard InChI is InChI=1S/C33H27N5OS/c1-22-27(33(37-16-8-3-9-17-37)38(36-22)25-10-4-2-5-11-25)19-24(20-34)32-35-29(21-40-32)23-14-15-31-28(18-23)26-12-6-7-13-30(26)39-31/h2,4-7,10-15,18-19,21H,3,8-9,16-17H2,1H3. The SMILES string of the molecule is Cc1nn(-c2ccccc2)c(N2CCCCC2)c1C=C(C#N)c1nc(-c2ccc3oc4ccccc4c3c2)cs1. The van der Waals surface area contributed by atoms with Crippen LogP contribution >= 0.6 is 11.3 Å². The first-order valence-electron chi connectivity index (χ1n) is 13.6. The zero-order valence-corrected chi connectivity index (χ0v) is 23.0. The Hall–Kier alpha value is -4.67. The van der Waals surface area contributed by atoms with Crippen molar-refractivity contribution in [3.05, 3.63) is 94.4 Å². The molecule has 1 aliphatic rings. The predicted molar refractivity (Wildman–Crippen MR) is 163 cm³/mol. The van der Waals surface area contributed by atoms with E-state index in [9.17, 15) is 5.26 Å². The minimum atomic E-state index is 0.542. The summed E-state index contributed by atoms with van der Waals surface area (Å²) in [7, 11) is 0. The fraction of sp³-hybridized carbons (Fsp3) is 0.182. The highest BCUT2D eigenvalue weighted by atomic mass is 32.1. The average molecular weight is 542 g/mol. The number of anilines is 1. The number of allylic oxidation sites excluding steroid dienone is 1. The zero-order chi connectivity index (χ0) is 27.1. The van der Waals surface area contributed by atoms with Gasteiger partial charge in [-0.05, 0) is 68.7 Å². The van der Waals surface area contributed by atoms with Gasteiger partial charge in [-0.3, -0.25) is 0 Å². The Kier molecular flexibility index (Phi) is 6.18. The molecule has 6 aromatic rings. The van der Waals surface area contributed by atoms with Crippen LogP contribution in [0.25, 0.3) is 50.5 Å². The number of nitrogens with zero attached hydrogens (tertiary/aromatic N) is 5. The number of benzene rings is 3. The van der Waals surface area contributed by atoms with Gasteiger partial charge in [0.2, 0.25) is 0 Å². The van der Waals surface area contributed by atoms with Gasteiger partial charge in [-0.15, -0.1) is 11.3 Å². The second-order valence-electron chi connectivity index (χ2n) is 10.1. The molecule has 3 aromatic carbocycles. The van der Waals surface area contributed by atoms with Gasteiger partial charge in [-0.25, -0.2) is 9.67 Å². The van der Waals surface area contributed by atoms with Crippen LogP contribution in [0, 0.1) is 18.3 Å². The summed E-state index contributed by atoms with van der Waals surface area (Å²) in [5.74, 6) is 1.05. The van der Waals surface area contributed by atoms with E-state index in [0.29, 0.717) is 10.6 Å². The number of aromatic nitrogens is 3. The van der Waals surface area contributed by atoms with Crippen molar-refractivity contribution in [1.29, 1.82) is 5.26 Å². The largest absolute Gasteiger partial charge is 0.456 e. The molecular weight excluding hydrogens is 514 g/mol. The molecule has 0 spiro atoms. The molecule has 4 heterocycles. The van der Waals surface area contributed by atoms with Crippen LogP contribution in [-0.2, 0) is 0 Å². The maximum Gasteiger partial charge on any atom is 0.140 e. The quantitative estimate of drug-likeness (QED) is 0.206. The second-order valence-corrected chi connectivity index (χ2v) is 11.0. The van der Waals surface area contributed by atoms with Crippen molar-refractivity contribution in [3.63, 3.8) is 0 Å². The van der Waals surface area contributed by atoms with Gasteiger partial charge < -0.3 is 9.32 Å². The van der Waals surface area contributed by atoms with Crippen molar-refractivity contribution in [3.8, 4) is 23.0 Å². The molecule has 1 saturated heterocycles. The van der Waals surface area contributed by atoms with Crippen LogP contribution in [0.5, 0.6) is 0 Å². The highest BCUT2D eigenvalue weighted by Gasteiger charge is 2.23. The lowest BCUT2D eigenvalue weighted by molar-refractivity contribution is 0.567. The Bertz CT molecular complexity index is 1920. The normalized spacial score (nSPS) is 14.2. The molecule has 0 saturated carbocycles. The van der Waals surface area contributed by atoms with E-state index in [2.05, 4.69) is 35.2 Å². The molecule has 6 nitrogen and oxygen atoms in total. The number of piperidine rings is 1. The summed E-state index contributed by atoms with van der Waals surface area (Å²) in [6.45, 7) is 3.98. The van der Waals surface area contributed by atoms with Crippen molar-refractivity contribution >= 4 is 50.7 Å². The van der Waals surface area contributed by atoms with Gasteiger partial charge in [0.25, 0.3) is 0 Å². The summed E-state index contributed by atoms with van der Waals surface area (Å²) in [5, 5.41) is 20.1. The summed E-state index contributed by atoms with van der Waals surface area (Å²) < 4.78 is 8.02. The van der Waals surface area contributed by atoms with E-state index in [-0.39, 0.29) is 0 Å². The highest BCUT2D eigenvalue weighted by Crippen LogP contribution is 2.36. The average Bonchev–Trinajstić information content (AvgIpc) is 3.72. The molecule has 0 N–H and O–H groups in total. The van der Waals surface area contributed by atoms with Crippen LogP contribution in [0.15, 0.2) is 82.6 Å². The molecule has 0 radical (unpaired) electrons. The van der Waals surface area contributed by atoms with Crippen molar-refractivity contribution in [2.45, 2.75) is 26.2 Å². The van der Waals surface area contributed by atoms with Gasteiger partial charge in [0.1, 0.15) is 28.1 Å². The minimum absolute atomic E-state index is 0.542. The summed E-state index contributed by atoms with van der Waals surface area (Å²) in [5.41, 5.74) is 7.01. The first-order valence-corrected chi connectivity index (χ1v) is 14.5. The van der Waals surface area contributed by atoms with Gasteiger partial charge in [-0.2, -0.15) is 10.4 Å². The number of hydrogen-bond donors (Lipinski definition) is 0. The molecule has 1 aliphatic heterocycles. The van der Waals surface area contributed by atoms with Gasteiger partial charge in [0.05, 0.1) is 22.6 Å². The first-order chi connectivity index (χ1) is 19.7. The van der Waals surface area contributed by atoms with Crippen LogP contribution in [0.4, 0.5) is 5.82 Å². The lowest BCUT2D eigenvalue weighted by Gasteiger charge is -2.29. The topological polar surface area (TPSA) is 70.9 Å². The summed E-state index contributed by atoms with van der Waals surface area (Å²) in [4.78, 5) is 7.32. The minimum Gasteiger partial charge on any atom is -0.456 e. The number of rotatable bonds is 5. The van der Waals surface area contributed by atoms with Crippen LogP contribution in [-0.4, -0.2) is 27.9 Å². The van der Waals surface area contributed by atoms with Crippen molar-refractivity contribution in [1.82, 2.24) is 14.8 Å². The van der Waals surface area contributed by atoms with E-state index in [4.69, 9.17) is 14.5 Å². The van der Waals surface area contributed by atoms with E-state index >= 15 is 0 Å². The van der Waals surface area contributed by atoms with E-state index in [1.807, 2.05) is 71.6 Å². The van der Waals surface area contributed by atoms with Crippen molar-refractivity contribution in [2.75, 3.05) is 18.0 Å². The molecular formula is C33H27N5OS. The monoisotopic (exact) mass is 541 g/mol. The third kappa shape index (κ3) is 4.27. The van der Waals surface area contributed by atoms with Gasteiger partial charge in [0.15, 0.2) is 0 Å². The molecule has 7 rings (SSSR count). The fourth-order valence-electron chi connectivity index (χ4n) is 5.56. The van der Waals surface area contributed by atoms with E-state index < -0.39 is 0 Å². The Morgan fingerprint density at radius 3 is 2.55 bits per heavy atom. The number of nitriles is 1. The fourth-order valence-corrected chi connectivity index (χ4v) is 6.35. The Labute approximate surface area is 236 Å². The Morgan fingerprint density at radius 1 is 0.950 bits per heavy atom. The van der Waals surface area contributed by atoms with Crippen LogP contribution in [0.2, 0.25) is 0 Å². The molecule has 0 atom stereocenters. The molecule has 3 aromatic heterocycles. The number of thiazole rings is 1. The van der Waals surface area contributed by atoms with Crippen LogP contribution < -0.4 is 4.90 Å². The Morgan fingerprint density at radius 2 is 1.73 bits per heavy atom. The summed E-state index contributed by atoms with van der Waals surface area (Å²) >= 11 is 1.49. The van der Waals surface area contributed by atoms with E-state index in [1.165, 1.54) is 17.8 Å². The third-order valence-electron chi connectivity index (χ3n) is 7.55. The third-order valence-corrected chi connectivity index (χ3v) is 8.43. The number of furan rings is 1. The number of hydrogen-bond acceptors (Lipinski definition) is 6. The molecule has 7 heteroatoms. The number of fused-ring (bicyclic) bond motifs is 3. The van der Waals surface area contributed by atoms with E-state index in [1.54, 1.807) is 0 Å². The first kappa shape index (κ1) is 24.4. The molecule has 0 unspecified atom stereocenters. The lowest BCUT2D eigenvalue weighted by Crippen LogP contribution is -2.31. The van der Waals surface area contributed by atoms with Gasteiger partial charge >= 0.3 is 0 Å². The van der Waals surface area contributed by atoms with Gasteiger partial charge in [-0.1, -0.05) is 36.4 Å². The number of para-hydroxylation sites is 2. The van der Waals surface area contributed by atoms with E-state index in [0.717, 1.165) is 81.9 Å². The maximum absolute atomic E-state index is 10.3. The van der Waals surface area contributed by atoms with Crippen LogP contribution in [0.3, 0.4) is 0 Å². The van der Waals surface area contributed by atoms with Gasteiger partial charge in [0, 0.05) is 40.4 Å². The highest BCUT2D eigenvalue weighted by molar-refractivity contribution is 7.11. The Balaban J connectivity index is 1.30. The maximum atomic E-state index is 10.3. The molecule has 1 fully saturated rings. The summed E-state index contributed by atoms with van der Waals surface area (Å²) in [6.07, 6.45) is 5.52. The lowest BCUT2D eigenvalue weighted by atomic mass is 10.1. The van der Waals surface area contributed by atoms with Crippen molar-refractivity contribution < 1.29 is 4.42 Å². The second kappa shape index (κ2) is 10.1. The predicted octanol–water partition coefficient (Wildman–Crippen LogP) is 8.26. The van der Waals surface area contributed by atoms with Crippen LogP contribution in [0.1, 0.15) is 35.5 Å². The molecule has 0 amide bonds. The summed E-state index contributed by atoms with van der Waals surface area (Å²) in [6, 6.07) is 26.9. The molecule has 0 aliphatic carbocycles. The number of aryl methyl sites for hydroxylation is 1. The molecule has 196 valence electrons.